The number of methoxy groups -OCH3 is 1. The molecule has 2 rings (SSSR count). The van der Waals surface area contributed by atoms with Crippen molar-refractivity contribution < 1.29 is 23.9 Å². The molecule has 0 amide bonds. The third kappa shape index (κ3) is 3.99. The Hall–Kier alpha value is -2.00. The lowest BCUT2D eigenvalue weighted by molar-refractivity contribution is -0.389. The van der Waals surface area contributed by atoms with Gasteiger partial charge in [0.25, 0.3) is 0 Å². The molecule has 21 heavy (non-hydrogen) atoms. The number of aromatic nitrogens is 2. The van der Waals surface area contributed by atoms with Crippen LogP contribution in [-0.4, -0.2) is 47.3 Å². The zero-order chi connectivity index (χ0) is 15.2. The summed E-state index contributed by atoms with van der Waals surface area (Å²) in [5.74, 6) is -1.08. The number of nitrogens with zero attached hydrogens (tertiary/aromatic N) is 3. The molecule has 0 aromatic carbocycles. The van der Waals surface area contributed by atoms with Gasteiger partial charge in [0.1, 0.15) is 0 Å². The number of esters is 1. The van der Waals surface area contributed by atoms with Crippen LogP contribution in [0.15, 0.2) is 6.07 Å². The molecule has 1 aliphatic heterocycles. The van der Waals surface area contributed by atoms with E-state index in [-0.39, 0.29) is 25.1 Å². The van der Waals surface area contributed by atoms with E-state index in [1.165, 1.54) is 11.8 Å². The minimum atomic E-state index is -0.676. The monoisotopic (exact) mass is 299 g/mol. The second-order valence-electron chi connectivity index (χ2n) is 4.53. The highest BCUT2D eigenvalue weighted by Crippen LogP contribution is 2.15. The van der Waals surface area contributed by atoms with Gasteiger partial charge in [-0.3, -0.25) is 0 Å². The predicted octanol–water partition coefficient (Wildman–Crippen LogP) is 1.12. The molecule has 1 aromatic heterocycles. The molecule has 9 nitrogen and oxygen atoms in total. The molecule has 1 unspecified atom stereocenters. The van der Waals surface area contributed by atoms with Crippen LogP contribution < -0.4 is 0 Å². The molecular weight excluding hydrogens is 282 g/mol. The van der Waals surface area contributed by atoms with E-state index in [1.54, 1.807) is 0 Å². The molecule has 0 saturated carbocycles. The second-order valence-corrected chi connectivity index (χ2v) is 4.53. The van der Waals surface area contributed by atoms with E-state index in [0.29, 0.717) is 6.61 Å². The molecule has 0 radical (unpaired) electrons. The Bertz CT molecular complexity index is 509. The summed E-state index contributed by atoms with van der Waals surface area (Å²) < 4.78 is 16.7. The topological polar surface area (TPSA) is 106 Å². The third-order valence-electron chi connectivity index (χ3n) is 3.09. The maximum Gasteiger partial charge on any atom is 0.390 e. The minimum absolute atomic E-state index is 0.0253. The predicted molar refractivity (Wildman–Crippen MR) is 69.8 cm³/mol. The van der Waals surface area contributed by atoms with Gasteiger partial charge in [0, 0.05) is 6.61 Å². The van der Waals surface area contributed by atoms with E-state index in [0.717, 1.165) is 25.3 Å². The summed E-state index contributed by atoms with van der Waals surface area (Å²) in [6.07, 6.45) is 2.64. The van der Waals surface area contributed by atoms with Crippen molar-refractivity contribution in [2.24, 2.45) is 0 Å². The zero-order valence-electron chi connectivity index (χ0n) is 11.7. The fourth-order valence-corrected chi connectivity index (χ4v) is 2.04. The Labute approximate surface area is 120 Å². The van der Waals surface area contributed by atoms with Gasteiger partial charge >= 0.3 is 11.8 Å². The van der Waals surface area contributed by atoms with E-state index in [4.69, 9.17) is 9.47 Å². The van der Waals surface area contributed by atoms with E-state index < -0.39 is 16.7 Å². The van der Waals surface area contributed by atoms with Gasteiger partial charge in [-0.1, -0.05) is 0 Å². The fraction of sp³-hybridized carbons (Fsp3) is 0.667. The Morgan fingerprint density at radius 1 is 1.62 bits per heavy atom. The van der Waals surface area contributed by atoms with Gasteiger partial charge in [0.15, 0.2) is 12.0 Å². The summed E-state index contributed by atoms with van der Waals surface area (Å²) in [6.45, 7) is 1.12. The molecule has 1 fully saturated rings. The maximum absolute atomic E-state index is 11.6. The van der Waals surface area contributed by atoms with Crippen LogP contribution in [0.3, 0.4) is 0 Å². The highest BCUT2D eigenvalue weighted by Gasteiger charge is 2.24. The summed E-state index contributed by atoms with van der Waals surface area (Å²) >= 11 is 0. The SMILES string of the molecule is COC(=O)c1cc([N+](=O)[O-])nn1CCOC1CCCCO1. The minimum Gasteiger partial charge on any atom is -0.464 e. The van der Waals surface area contributed by atoms with Crippen molar-refractivity contribution >= 4 is 11.8 Å². The van der Waals surface area contributed by atoms with Gasteiger partial charge in [-0.2, -0.15) is 4.68 Å². The lowest BCUT2D eigenvalue weighted by atomic mass is 10.2. The number of carbonyl (C=O) groups excluding carboxylic acids is 1. The van der Waals surface area contributed by atoms with Gasteiger partial charge in [-0.05, 0) is 24.2 Å². The van der Waals surface area contributed by atoms with Crippen LogP contribution >= 0.6 is 0 Å². The average molecular weight is 299 g/mol. The Morgan fingerprint density at radius 2 is 2.43 bits per heavy atom. The van der Waals surface area contributed by atoms with Gasteiger partial charge in [0.05, 0.1) is 31.4 Å². The lowest BCUT2D eigenvalue weighted by Crippen LogP contribution is -2.24. The van der Waals surface area contributed by atoms with Crippen LogP contribution in [-0.2, 0) is 20.8 Å². The molecule has 0 spiro atoms. The summed E-state index contributed by atoms with van der Waals surface area (Å²) in [6, 6.07) is 1.09. The smallest absolute Gasteiger partial charge is 0.390 e. The van der Waals surface area contributed by atoms with Crippen molar-refractivity contribution in [2.45, 2.75) is 32.1 Å². The van der Waals surface area contributed by atoms with Crippen LogP contribution in [0, 0.1) is 10.1 Å². The zero-order valence-corrected chi connectivity index (χ0v) is 11.7. The van der Waals surface area contributed by atoms with E-state index in [1.807, 2.05) is 0 Å². The highest BCUT2D eigenvalue weighted by molar-refractivity contribution is 5.88. The molecule has 0 N–H and O–H groups in total. The summed E-state index contributed by atoms with van der Waals surface area (Å²) in [7, 11) is 1.21. The maximum atomic E-state index is 11.6. The van der Waals surface area contributed by atoms with Crippen molar-refractivity contribution in [1.29, 1.82) is 0 Å². The van der Waals surface area contributed by atoms with Crippen LogP contribution in [0.1, 0.15) is 29.8 Å². The summed E-state index contributed by atoms with van der Waals surface area (Å²) in [5.41, 5.74) is 0.0253. The lowest BCUT2D eigenvalue weighted by Gasteiger charge is -2.22. The van der Waals surface area contributed by atoms with Gasteiger partial charge in [-0.25, -0.2) is 4.79 Å². The number of rotatable bonds is 6. The molecule has 0 bridgehead atoms. The Morgan fingerprint density at radius 3 is 3.05 bits per heavy atom. The summed E-state index contributed by atoms with van der Waals surface area (Å²) in [4.78, 5) is 21.6. The molecule has 1 saturated heterocycles. The standard InChI is InChI=1S/C12H17N3O6/c1-19-12(16)9-8-10(15(17)18)13-14(9)5-7-21-11-4-2-3-6-20-11/h8,11H,2-7H2,1H3. The second kappa shape index (κ2) is 7.14. The number of ether oxygens (including phenoxy) is 3. The van der Waals surface area contributed by atoms with Crippen molar-refractivity contribution in [1.82, 2.24) is 9.78 Å². The van der Waals surface area contributed by atoms with E-state index in [2.05, 4.69) is 9.84 Å². The normalized spacial score (nSPS) is 18.4. The molecule has 2 heterocycles. The van der Waals surface area contributed by atoms with Gasteiger partial charge in [0.2, 0.25) is 0 Å². The molecule has 9 heteroatoms. The first-order chi connectivity index (χ1) is 10.1. The van der Waals surface area contributed by atoms with E-state index in [9.17, 15) is 14.9 Å². The largest absolute Gasteiger partial charge is 0.464 e. The first kappa shape index (κ1) is 15.4. The van der Waals surface area contributed by atoms with Gasteiger partial charge in [-0.15, -0.1) is 0 Å². The van der Waals surface area contributed by atoms with Crippen LogP contribution in [0.25, 0.3) is 0 Å². The average Bonchev–Trinajstić information content (AvgIpc) is 2.92. The molecule has 1 aliphatic rings. The molecule has 0 aliphatic carbocycles. The number of hydrogen-bond donors (Lipinski definition) is 0. The highest BCUT2D eigenvalue weighted by atomic mass is 16.7. The number of carbonyl (C=O) groups is 1. The van der Waals surface area contributed by atoms with Crippen LogP contribution in [0.4, 0.5) is 5.82 Å². The van der Waals surface area contributed by atoms with Crippen molar-refractivity contribution in [3.63, 3.8) is 0 Å². The van der Waals surface area contributed by atoms with Gasteiger partial charge < -0.3 is 24.3 Å². The number of nitro groups is 1. The molecule has 1 aromatic rings. The van der Waals surface area contributed by atoms with Crippen molar-refractivity contribution in [2.75, 3.05) is 20.3 Å². The third-order valence-corrected chi connectivity index (χ3v) is 3.09. The molecule has 1 atom stereocenters. The molecular formula is C12H17N3O6. The van der Waals surface area contributed by atoms with E-state index >= 15 is 0 Å². The van der Waals surface area contributed by atoms with Crippen LogP contribution in [0.2, 0.25) is 0 Å². The summed E-state index contributed by atoms with van der Waals surface area (Å²) in [5, 5.41) is 14.5. The van der Waals surface area contributed by atoms with Crippen molar-refractivity contribution in [3.8, 4) is 0 Å². The van der Waals surface area contributed by atoms with Crippen molar-refractivity contribution in [3.05, 3.63) is 21.9 Å². The first-order valence-corrected chi connectivity index (χ1v) is 6.65. The number of hydrogen-bond acceptors (Lipinski definition) is 7. The van der Waals surface area contributed by atoms with Crippen LogP contribution in [0.5, 0.6) is 0 Å². The Kier molecular flexibility index (Phi) is 5.23. The molecule has 116 valence electrons. The quantitative estimate of drug-likeness (QED) is 0.440. The Balaban J connectivity index is 1.97. The first-order valence-electron chi connectivity index (χ1n) is 6.65. The fourth-order valence-electron chi connectivity index (χ4n) is 2.04.